The summed E-state index contributed by atoms with van der Waals surface area (Å²) in [7, 11) is 0. The summed E-state index contributed by atoms with van der Waals surface area (Å²) in [6.45, 7) is 2.36. The van der Waals surface area contributed by atoms with Gasteiger partial charge < -0.3 is 15.2 Å². The Morgan fingerprint density at radius 2 is 2.07 bits per heavy atom. The van der Waals surface area contributed by atoms with Crippen LogP contribution in [0.2, 0.25) is 0 Å². The molecule has 2 amide bonds. The molecule has 2 N–H and O–H groups in total. The molecule has 1 aliphatic rings. The Balaban J connectivity index is 1.41. The molecule has 1 aliphatic heterocycles. The van der Waals surface area contributed by atoms with Gasteiger partial charge in [0.2, 0.25) is 5.91 Å². The average molecular weight is 417 g/mol. The van der Waals surface area contributed by atoms with Crippen molar-refractivity contribution < 1.29 is 9.59 Å². The van der Waals surface area contributed by atoms with Crippen LogP contribution in [0.3, 0.4) is 0 Å². The van der Waals surface area contributed by atoms with Crippen molar-refractivity contribution in [2.45, 2.75) is 25.9 Å². The van der Waals surface area contributed by atoms with E-state index in [0.717, 1.165) is 27.6 Å². The monoisotopic (exact) mass is 416 g/mol. The standard InChI is InChI=1S/C23H20N4O2S/c1-2-21(22(28)26-18-11-25-30-13-18)27-12-17-4-3-15(10-19(17)23(27)29)14-5-6-20-16(9-14)7-8-24-20/h3-11,13,21,24H,2,12H2,1H3,(H,26,28)/t21-/m1/s1. The second kappa shape index (κ2) is 7.42. The maximum Gasteiger partial charge on any atom is 0.255 e. The molecule has 0 radical (unpaired) electrons. The van der Waals surface area contributed by atoms with Crippen molar-refractivity contribution in [3.8, 4) is 11.1 Å². The number of anilines is 1. The molecule has 30 heavy (non-hydrogen) atoms. The van der Waals surface area contributed by atoms with Crippen molar-refractivity contribution in [2.75, 3.05) is 5.32 Å². The summed E-state index contributed by atoms with van der Waals surface area (Å²) in [5.74, 6) is -0.281. The second-order valence-electron chi connectivity index (χ2n) is 7.41. The molecule has 0 saturated heterocycles. The lowest BCUT2D eigenvalue weighted by atomic mass is 9.99. The van der Waals surface area contributed by atoms with Crippen LogP contribution in [0.25, 0.3) is 22.0 Å². The van der Waals surface area contributed by atoms with E-state index in [-0.39, 0.29) is 11.8 Å². The molecular formula is C23H20N4O2S. The number of hydrogen-bond donors (Lipinski definition) is 2. The predicted molar refractivity (Wildman–Crippen MR) is 118 cm³/mol. The van der Waals surface area contributed by atoms with Crippen LogP contribution >= 0.6 is 11.5 Å². The molecule has 2 aromatic heterocycles. The van der Waals surface area contributed by atoms with Gasteiger partial charge in [-0.1, -0.05) is 25.1 Å². The first-order valence-electron chi connectivity index (χ1n) is 9.85. The number of carbonyl (C=O) groups is 2. The van der Waals surface area contributed by atoms with Gasteiger partial charge in [0.25, 0.3) is 5.91 Å². The van der Waals surface area contributed by atoms with E-state index in [1.54, 1.807) is 16.5 Å². The summed E-state index contributed by atoms with van der Waals surface area (Å²) in [6, 6.07) is 13.7. The Bertz CT molecular complexity index is 1250. The number of aromatic nitrogens is 2. The zero-order valence-electron chi connectivity index (χ0n) is 16.4. The van der Waals surface area contributed by atoms with E-state index in [4.69, 9.17) is 0 Å². The average Bonchev–Trinajstić information content (AvgIpc) is 3.49. The van der Waals surface area contributed by atoms with Crippen LogP contribution in [0, 0.1) is 0 Å². The lowest BCUT2D eigenvalue weighted by molar-refractivity contribution is -0.120. The molecule has 0 saturated carbocycles. The van der Waals surface area contributed by atoms with E-state index in [0.29, 0.717) is 24.2 Å². The fourth-order valence-electron chi connectivity index (χ4n) is 4.03. The Morgan fingerprint density at radius 3 is 2.87 bits per heavy atom. The van der Waals surface area contributed by atoms with E-state index in [2.05, 4.69) is 26.8 Å². The third-order valence-corrected chi connectivity index (χ3v) is 6.18. The SMILES string of the molecule is CC[C@H](C(=O)Nc1cnsc1)N1Cc2ccc(-c3ccc4[nH]ccc4c3)cc2C1=O. The second-order valence-corrected chi connectivity index (χ2v) is 8.07. The van der Waals surface area contributed by atoms with Gasteiger partial charge in [-0.2, -0.15) is 4.37 Å². The lowest BCUT2D eigenvalue weighted by Crippen LogP contribution is -2.43. The first-order valence-corrected chi connectivity index (χ1v) is 10.7. The molecule has 0 fully saturated rings. The van der Waals surface area contributed by atoms with Crippen LogP contribution in [0.1, 0.15) is 29.3 Å². The van der Waals surface area contributed by atoms with Gasteiger partial charge in [0.15, 0.2) is 0 Å². The number of hydrogen-bond acceptors (Lipinski definition) is 4. The molecule has 0 spiro atoms. The van der Waals surface area contributed by atoms with Crippen LogP contribution in [-0.2, 0) is 11.3 Å². The number of amides is 2. The molecular weight excluding hydrogens is 396 g/mol. The minimum atomic E-state index is -0.524. The Morgan fingerprint density at radius 1 is 1.23 bits per heavy atom. The van der Waals surface area contributed by atoms with Gasteiger partial charge in [-0.05, 0) is 64.3 Å². The Hall–Kier alpha value is -3.45. The van der Waals surface area contributed by atoms with Gasteiger partial charge in [0.05, 0.1) is 11.9 Å². The summed E-state index contributed by atoms with van der Waals surface area (Å²) >= 11 is 1.28. The van der Waals surface area contributed by atoms with Crippen molar-refractivity contribution in [1.82, 2.24) is 14.3 Å². The van der Waals surface area contributed by atoms with Gasteiger partial charge in [-0.15, -0.1) is 0 Å². The number of nitrogens with one attached hydrogen (secondary N) is 2. The normalized spacial score (nSPS) is 14.2. The summed E-state index contributed by atoms with van der Waals surface area (Å²) < 4.78 is 4.00. The minimum Gasteiger partial charge on any atom is -0.361 e. The van der Waals surface area contributed by atoms with Crippen molar-refractivity contribution in [3.63, 3.8) is 0 Å². The molecule has 2 aromatic carbocycles. The van der Waals surface area contributed by atoms with Gasteiger partial charge in [-0.3, -0.25) is 9.59 Å². The van der Waals surface area contributed by atoms with Crippen LogP contribution < -0.4 is 5.32 Å². The molecule has 5 rings (SSSR count). The van der Waals surface area contributed by atoms with Gasteiger partial charge in [0.1, 0.15) is 6.04 Å². The van der Waals surface area contributed by atoms with Gasteiger partial charge in [-0.25, -0.2) is 0 Å². The van der Waals surface area contributed by atoms with Crippen LogP contribution in [-0.4, -0.2) is 32.1 Å². The van der Waals surface area contributed by atoms with E-state index >= 15 is 0 Å². The summed E-state index contributed by atoms with van der Waals surface area (Å²) in [5.41, 5.74) is 5.43. The third-order valence-electron chi connectivity index (χ3n) is 5.59. The van der Waals surface area contributed by atoms with E-state index < -0.39 is 6.04 Å². The summed E-state index contributed by atoms with van der Waals surface area (Å²) in [6.07, 6.45) is 4.07. The molecule has 0 unspecified atom stereocenters. The van der Waals surface area contributed by atoms with Crippen molar-refractivity contribution in [1.29, 1.82) is 0 Å². The quantitative estimate of drug-likeness (QED) is 0.496. The maximum atomic E-state index is 13.2. The van der Waals surface area contributed by atoms with Crippen LogP contribution in [0.15, 0.2) is 60.2 Å². The fraction of sp³-hybridized carbons (Fsp3) is 0.174. The largest absolute Gasteiger partial charge is 0.361 e. The van der Waals surface area contributed by atoms with Crippen molar-refractivity contribution in [2.24, 2.45) is 0 Å². The molecule has 0 bridgehead atoms. The fourth-order valence-corrected chi connectivity index (χ4v) is 4.50. The number of rotatable bonds is 5. The van der Waals surface area contributed by atoms with Crippen LogP contribution in [0.5, 0.6) is 0 Å². The topological polar surface area (TPSA) is 78.1 Å². The third kappa shape index (κ3) is 3.17. The minimum absolute atomic E-state index is 0.0972. The zero-order valence-corrected chi connectivity index (χ0v) is 17.2. The van der Waals surface area contributed by atoms with Crippen molar-refractivity contribution >= 4 is 39.9 Å². The summed E-state index contributed by atoms with van der Waals surface area (Å²) in [4.78, 5) is 30.8. The van der Waals surface area contributed by atoms with Gasteiger partial charge in [0, 0.05) is 29.2 Å². The number of fused-ring (bicyclic) bond motifs is 2. The molecule has 0 aliphatic carbocycles. The van der Waals surface area contributed by atoms with E-state index in [9.17, 15) is 9.59 Å². The number of H-pyrrole nitrogens is 1. The molecule has 7 heteroatoms. The van der Waals surface area contributed by atoms with Crippen molar-refractivity contribution in [3.05, 3.63) is 71.4 Å². The number of benzene rings is 2. The number of aromatic amines is 1. The number of nitrogens with zero attached hydrogens (tertiary/aromatic N) is 2. The zero-order chi connectivity index (χ0) is 20.7. The predicted octanol–water partition coefficient (Wildman–Crippen LogP) is 4.66. The highest BCUT2D eigenvalue weighted by atomic mass is 32.1. The number of carbonyl (C=O) groups excluding carboxylic acids is 2. The highest BCUT2D eigenvalue weighted by Gasteiger charge is 2.35. The molecule has 6 nitrogen and oxygen atoms in total. The molecule has 3 heterocycles. The van der Waals surface area contributed by atoms with E-state index in [1.165, 1.54) is 11.5 Å². The van der Waals surface area contributed by atoms with E-state index in [1.807, 2.05) is 43.5 Å². The van der Waals surface area contributed by atoms with Crippen LogP contribution in [0.4, 0.5) is 5.69 Å². The smallest absolute Gasteiger partial charge is 0.255 e. The van der Waals surface area contributed by atoms with Gasteiger partial charge >= 0.3 is 0 Å². The lowest BCUT2D eigenvalue weighted by Gasteiger charge is -2.25. The summed E-state index contributed by atoms with van der Waals surface area (Å²) in [5, 5.41) is 5.77. The maximum absolute atomic E-state index is 13.2. The highest BCUT2D eigenvalue weighted by molar-refractivity contribution is 7.04. The molecule has 150 valence electrons. The molecule has 1 atom stereocenters. The highest BCUT2D eigenvalue weighted by Crippen LogP contribution is 2.31. The first-order chi connectivity index (χ1) is 14.6. The molecule has 4 aromatic rings. The Labute approximate surface area is 177 Å². The Kier molecular flexibility index (Phi) is 4.59. The first kappa shape index (κ1) is 18.6.